The molecule has 7 nitrogen and oxygen atoms in total. The Balaban J connectivity index is 1.81. The molecule has 0 bridgehead atoms. The van der Waals surface area contributed by atoms with Crippen LogP contribution in [0.3, 0.4) is 0 Å². The summed E-state index contributed by atoms with van der Waals surface area (Å²) in [5, 5.41) is 0. The Bertz CT molecular complexity index is 801. The topological polar surface area (TPSA) is 62.3 Å². The lowest BCUT2D eigenvalue weighted by atomic mass is 9.92. The first-order valence-corrected chi connectivity index (χ1v) is 9.56. The highest BCUT2D eigenvalue weighted by Gasteiger charge is 2.61. The van der Waals surface area contributed by atoms with Crippen molar-refractivity contribution in [3.05, 3.63) is 23.8 Å². The summed E-state index contributed by atoms with van der Waals surface area (Å²) in [6.07, 6.45) is 0.509. The zero-order valence-corrected chi connectivity index (χ0v) is 16.9. The second-order valence-electron chi connectivity index (χ2n) is 7.90. The number of amides is 2. The second kappa shape index (κ2) is 6.31. The largest absolute Gasteiger partial charge is 0.454 e. The number of carbonyl (C=O) groups is 2. The molecule has 8 heteroatoms. The van der Waals surface area contributed by atoms with Crippen LogP contribution in [0.2, 0.25) is 0 Å². The Morgan fingerprint density at radius 2 is 1.96 bits per heavy atom. The van der Waals surface area contributed by atoms with Crippen molar-refractivity contribution >= 4 is 24.4 Å². The van der Waals surface area contributed by atoms with Gasteiger partial charge < -0.3 is 24.2 Å². The van der Waals surface area contributed by atoms with Gasteiger partial charge in [0.1, 0.15) is 6.04 Å². The van der Waals surface area contributed by atoms with E-state index in [1.807, 2.05) is 32.3 Å². The molecular formula is C19H25N3O4S. The minimum atomic E-state index is -1.12. The van der Waals surface area contributed by atoms with Crippen LogP contribution in [-0.2, 0) is 9.59 Å². The van der Waals surface area contributed by atoms with E-state index in [9.17, 15) is 9.59 Å². The van der Waals surface area contributed by atoms with Crippen LogP contribution in [0.5, 0.6) is 11.5 Å². The average molecular weight is 391 g/mol. The summed E-state index contributed by atoms with van der Waals surface area (Å²) in [7, 11) is 5.67. The van der Waals surface area contributed by atoms with Gasteiger partial charge in [-0.3, -0.25) is 9.59 Å². The summed E-state index contributed by atoms with van der Waals surface area (Å²) in [6, 6.07) is 5.01. The molecular weight excluding hydrogens is 366 g/mol. The number of likely N-dealkylation sites (N-methyl/N-ethyl adjacent to an activating group) is 1. The van der Waals surface area contributed by atoms with Crippen LogP contribution >= 0.6 is 12.6 Å². The van der Waals surface area contributed by atoms with Crippen molar-refractivity contribution in [1.82, 2.24) is 14.7 Å². The van der Waals surface area contributed by atoms with Gasteiger partial charge in [-0.2, -0.15) is 0 Å². The number of rotatable bonds is 3. The van der Waals surface area contributed by atoms with Gasteiger partial charge in [-0.15, -0.1) is 12.6 Å². The van der Waals surface area contributed by atoms with Crippen molar-refractivity contribution in [3.63, 3.8) is 0 Å². The van der Waals surface area contributed by atoms with E-state index in [-0.39, 0.29) is 30.6 Å². The number of ether oxygens (including phenoxy) is 2. The van der Waals surface area contributed by atoms with Crippen LogP contribution in [0.1, 0.15) is 24.9 Å². The number of thiol groups is 1. The van der Waals surface area contributed by atoms with Crippen molar-refractivity contribution in [2.45, 2.75) is 30.3 Å². The van der Waals surface area contributed by atoms with E-state index in [0.29, 0.717) is 17.9 Å². The first-order valence-electron chi connectivity index (χ1n) is 9.11. The third-order valence-corrected chi connectivity index (χ3v) is 6.44. The predicted octanol–water partition coefficient (Wildman–Crippen LogP) is 1.35. The molecule has 1 aromatic rings. The fraction of sp³-hybridized carbons (Fsp3) is 0.579. The maximum absolute atomic E-state index is 13.2. The van der Waals surface area contributed by atoms with E-state index < -0.39 is 10.9 Å². The third-order valence-electron chi connectivity index (χ3n) is 5.85. The monoisotopic (exact) mass is 391 g/mol. The normalized spacial score (nSPS) is 32.4. The predicted molar refractivity (Wildman–Crippen MR) is 103 cm³/mol. The molecule has 146 valence electrons. The lowest BCUT2D eigenvalue weighted by molar-refractivity contribution is -0.161. The number of fused-ring (bicyclic) bond motifs is 2. The zero-order chi connectivity index (χ0) is 19.5. The van der Waals surface area contributed by atoms with E-state index >= 15 is 0 Å². The molecule has 0 radical (unpaired) electrons. The van der Waals surface area contributed by atoms with Gasteiger partial charge >= 0.3 is 0 Å². The molecule has 1 aromatic carbocycles. The quantitative estimate of drug-likeness (QED) is 0.789. The first-order chi connectivity index (χ1) is 12.7. The van der Waals surface area contributed by atoms with Gasteiger partial charge in [0.25, 0.3) is 5.91 Å². The summed E-state index contributed by atoms with van der Waals surface area (Å²) < 4.78 is 10.9. The molecule has 0 saturated carbocycles. The molecule has 0 aliphatic carbocycles. The van der Waals surface area contributed by atoms with E-state index in [1.165, 1.54) is 4.90 Å². The number of carbonyl (C=O) groups excluding carboxylic acids is 2. The van der Waals surface area contributed by atoms with Gasteiger partial charge in [-0.05, 0) is 51.1 Å². The molecule has 0 spiro atoms. The molecule has 2 amide bonds. The van der Waals surface area contributed by atoms with Crippen LogP contribution in [0.25, 0.3) is 0 Å². The van der Waals surface area contributed by atoms with Crippen molar-refractivity contribution in [1.29, 1.82) is 0 Å². The van der Waals surface area contributed by atoms with Crippen LogP contribution in [-0.4, -0.2) is 71.9 Å². The Labute approximate surface area is 164 Å². The van der Waals surface area contributed by atoms with Gasteiger partial charge in [-0.25, -0.2) is 0 Å². The molecule has 3 heterocycles. The Hall–Kier alpha value is -1.93. The highest BCUT2D eigenvalue weighted by molar-refractivity contribution is 7.82. The van der Waals surface area contributed by atoms with Gasteiger partial charge in [0.2, 0.25) is 12.7 Å². The fourth-order valence-corrected chi connectivity index (χ4v) is 5.12. The average Bonchev–Trinajstić information content (AvgIpc) is 3.19. The summed E-state index contributed by atoms with van der Waals surface area (Å²) in [5.74, 6) is 1.26. The van der Waals surface area contributed by atoms with Gasteiger partial charge in [0, 0.05) is 13.6 Å². The van der Waals surface area contributed by atoms with Crippen LogP contribution < -0.4 is 9.47 Å². The van der Waals surface area contributed by atoms with E-state index in [0.717, 1.165) is 12.1 Å². The van der Waals surface area contributed by atoms with E-state index in [4.69, 9.17) is 22.1 Å². The molecule has 27 heavy (non-hydrogen) atoms. The van der Waals surface area contributed by atoms with Crippen LogP contribution in [0.4, 0.5) is 0 Å². The fourth-order valence-electron chi connectivity index (χ4n) is 4.50. The highest BCUT2D eigenvalue weighted by Crippen LogP contribution is 2.52. The minimum absolute atomic E-state index is 0.0731. The lowest BCUT2D eigenvalue weighted by Gasteiger charge is -2.46. The van der Waals surface area contributed by atoms with E-state index in [1.54, 1.807) is 18.9 Å². The van der Waals surface area contributed by atoms with Crippen molar-refractivity contribution < 1.29 is 19.1 Å². The lowest BCUT2D eigenvalue weighted by Crippen LogP contribution is -2.65. The van der Waals surface area contributed by atoms with Gasteiger partial charge in [-0.1, -0.05) is 6.07 Å². The Morgan fingerprint density at radius 1 is 1.26 bits per heavy atom. The molecule has 4 unspecified atom stereocenters. The van der Waals surface area contributed by atoms with Crippen molar-refractivity contribution in [3.8, 4) is 11.5 Å². The Morgan fingerprint density at radius 3 is 2.67 bits per heavy atom. The molecule has 3 aliphatic heterocycles. The third kappa shape index (κ3) is 2.69. The first kappa shape index (κ1) is 18.4. The minimum Gasteiger partial charge on any atom is -0.454 e. The summed E-state index contributed by atoms with van der Waals surface area (Å²) in [5.41, 5.74) is 0.944. The summed E-state index contributed by atoms with van der Waals surface area (Å²) in [6.45, 7) is 2.71. The van der Waals surface area contributed by atoms with Crippen LogP contribution in [0.15, 0.2) is 18.2 Å². The standard InChI is InChI=1S/C19H25N3O4S/c1-11-17(23)22-16(12-5-6-14-15(7-12)26-10-25-14)13(9-20(2)3)8-19(22,27)18(24)21(11)4/h5-7,11,13,16,27H,8-10H2,1-4H3. The number of benzene rings is 1. The number of nitrogens with zero attached hydrogens (tertiary/aromatic N) is 3. The molecule has 2 saturated heterocycles. The number of hydrogen-bond donors (Lipinski definition) is 1. The number of hydrogen-bond acceptors (Lipinski definition) is 6. The maximum atomic E-state index is 13.2. The maximum Gasteiger partial charge on any atom is 0.259 e. The molecule has 3 aliphatic rings. The van der Waals surface area contributed by atoms with Crippen LogP contribution in [0, 0.1) is 5.92 Å². The SMILES string of the molecule is CC1C(=O)N2C(c3ccc4c(c3)OCO4)C(CN(C)C)CC2(S)C(=O)N1C. The molecule has 4 atom stereocenters. The summed E-state index contributed by atoms with van der Waals surface area (Å²) >= 11 is 4.77. The van der Waals surface area contributed by atoms with E-state index in [2.05, 4.69) is 4.90 Å². The molecule has 0 aromatic heterocycles. The molecule has 2 fully saturated rings. The van der Waals surface area contributed by atoms with Crippen molar-refractivity contribution in [2.75, 3.05) is 34.5 Å². The summed E-state index contributed by atoms with van der Waals surface area (Å²) in [4.78, 5) is 30.5. The number of piperazine rings is 1. The van der Waals surface area contributed by atoms with Crippen molar-refractivity contribution in [2.24, 2.45) is 5.92 Å². The molecule has 0 N–H and O–H groups in total. The second-order valence-corrected chi connectivity index (χ2v) is 8.64. The molecule has 4 rings (SSSR count). The van der Waals surface area contributed by atoms with Gasteiger partial charge in [0.15, 0.2) is 16.4 Å². The van der Waals surface area contributed by atoms with Gasteiger partial charge in [0.05, 0.1) is 6.04 Å². The zero-order valence-electron chi connectivity index (χ0n) is 16.0. The Kier molecular flexibility index (Phi) is 4.31. The smallest absolute Gasteiger partial charge is 0.259 e. The highest BCUT2D eigenvalue weighted by atomic mass is 32.1.